The predicted molar refractivity (Wildman–Crippen MR) is 39.2 cm³/mol. The van der Waals surface area contributed by atoms with E-state index in [-0.39, 0.29) is 12.1 Å². The highest BCUT2D eigenvalue weighted by molar-refractivity contribution is 5.25. The highest BCUT2D eigenvalue weighted by Crippen LogP contribution is 2.35. The molecule has 1 rings (SSSR count). The average Bonchev–Trinajstić information content (AvgIpc) is 2.14. The fourth-order valence-electron chi connectivity index (χ4n) is 0.968. The van der Waals surface area contributed by atoms with Crippen molar-refractivity contribution in [3.05, 3.63) is 29.1 Å². The summed E-state index contributed by atoms with van der Waals surface area (Å²) < 4.78 is 97.0. The van der Waals surface area contributed by atoms with Crippen LogP contribution in [0.5, 0.6) is 0 Å². The molecule has 0 N–H and O–H groups in total. The maximum absolute atomic E-state index is 12.1. The number of hydrogen-bond acceptors (Lipinski definition) is 1. The molecule has 17 heavy (non-hydrogen) atoms. The maximum Gasteiger partial charge on any atom is 0.433 e. The Kier molecular flexibility index (Phi) is 3.30. The Bertz CT molecular complexity index is 373. The number of nitrogens with zero attached hydrogens (tertiary/aromatic N) is 1. The van der Waals surface area contributed by atoms with E-state index in [2.05, 4.69) is 4.98 Å². The second-order valence-electron chi connectivity index (χ2n) is 2.97. The van der Waals surface area contributed by atoms with E-state index in [1.165, 1.54) is 0 Å². The first-order valence-electron chi connectivity index (χ1n) is 3.96. The Balaban J connectivity index is 3.40. The monoisotopic (exact) mass is 265 g/mol. The molecule has 0 saturated heterocycles. The van der Waals surface area contributed by atoms with Gasteiger partial charge < -0.3 is 0 Å². The zero-order chi connectivity index (χ0) is 13.4. The Hall–Kier alpha value is -1.41. The van der Waals surface area contributed by atoms with E-state index in [0.717, 1.165) is 0 Å². The minimum atomic E-state index is -5.22. The summed E-state index contributed by atoms with van der Waals surface area (Å²) in [5.41, 5.74) is -5.37. The third-order valence-electron chi connectivity index (χ3n) is 1.68. The summed E-state index contributed by atoms with van der Waals surface area (Å²) >= 11 is 0. The van der Waals surface area contributed by atoms with E-state index in [9.17, 15) is 35.1 Å². The minimum absolute atomic E-state index is 0.111. The molecule has 9 heteroatoms. The van der Waals surface area contributed by atoms with Crippen molar-refractivity contribution in [2.75, 3.05) is 0 Å². The Labute approximate surface area is 89.1 Å². The van der Waals surface area contributed by atoms with Gasteiger partial charge in [0.15, 0.2) is 0 Å². The molecule has 96 valence electrons. The van der Waals surface area contributed by atoms with Crippen LogP contribution in [0.25, 0.3) is 0 Å². The van der Waals surface area contributed by atoms with Crippen molar-refractivity contribution in [3.63, 3.8) is 0 Å². The molecule has 0 aromatic carbocycles. The number of rotatable bonds is 1. The summed E-state index contributed by atoms with van der Waals surface area (Å²) in [7, 11) is 0. The topological polar surface area (TPSA) is 12.9 Å². The lowest BCUT2D eigenvalue weighted by Gasteiger charge is -2.12. The Morgan fingerprint density at radius 2 is 1.18 bits per heavy atom. The molecular formula is C8H3F8N. The lowest BCUT2D eigenvalue weighted by Crippen LogP contribution is -2.15. The molecule has 0 bridgehead atoms. The quantitative estimate of drug-likeness (QED) is 0.698. The van der Waals surface area contributed by atoms with E-state index >= 15 is 0 Å². The Morgan fingerprint density at radius 1 is 0.824 bits per heavy atom. The molecule has 0 amide bonds. The van der Waals surface area contributed by atoms with E-state index in [1.807, 2.05) is 0 Å². The zero-order valence-corrected chi connectivity index (χ0v) is 7.70. The first kappa shape index (κ1) is 13.7. The molecule has 1 heterocycles. The summed E-state index contributed by atoms with van der Waals surface area (Å²) in [5.74, 6) is 0. The molecule has 0 aliphatic heterocycles. The van der Waals surface area contributed by atoms with Gasteiger partial charge in [-0.15, -0.1) is 0 Å². The van der Waals surface area contributed by atoms with Gasteiger partial charge in [0.25, 0.3) is 6.43 Å². The van der Waals surface area contributed by atoms with Gasteiger partial charge >= 0.3 is 12.4 Å². The first-order chi connectivity index (χ1) is 7.51. The minimum Gasteiger partial charge on any atom is -0.239 e. The molecule has 0 saturated carbocycles. The zero-order valence-electron chi connectivity index (χ0n) is 7.70. The summed E-state index contributed by atoms with van der Waals surface area (Å²) in [6.07, 6.45) is -13.9. The molecule has 0 unspecified atom stereocenters. The van der Waals surface area contributed by atoms with Gasteiger partial charge in [0.05, 0.1) is 0 Å². The van der Waals surface area contributed by atoms with Crippen LogP contribution in [0, 0.1) is 0 Å². The second-order valence-corrected chi connectivity index (χ2v) is 2.97. The van der Waals surface area contributed by atoms with Crippen LogP contribution >= 0.6 is 0 Å². The van der Waals surface area contributed by atoms with Crippen LogP contribution in [0.1, 0.15) is 23.4 Å². The molecule has 1 nitrogen and oxygen atoms in total. The van der Waals surface area contributed by atoms with Crippen LogP contribution in [0.3, 0.4) is 0 Å². The molecular weight excluding hydrogens is 262 g/mol. The predicted octanol–water partition coefficient (Wildman–Crippen LogP) is 4.06. The molecule has 0 fully saturated rings. The number of aromatic nitrogens is 1. The van der Waals surface area contributed by atoms with Crippen LogP contribution in [0.4, 0.5) is 35.1 Å². The standard InChI is InChI=1S/C8H3F8N/c9-6(10)3-1-4(7(11,12)13)17-5(2-3)8(14,15)16/h1-2,6H. The average molecular weight is 265 g/mol. The van der Waals surface area contributed by atoms with Crippen molar-refractivity contribution in [2.45, 2.75) is 18.8 Å². The smallest absolute Gasteiger partial charge is 0.239 e. The lowest BCUT2D eigenvalue weighted by atomic mass is 10.2. The molecule has 0 aliphatic rings. The van der Waals surface area contributed by atoms with E-state index in [0.29, 0.717) is 0 Å². The highest BCUT2D eigenvalue weighted by atomic mass is 19.4. The van der Waals surface area contributed by atoms with E-state index < -0.39 is 35.7 Å². The maximum atomic E-state index is 12.1. The third-order valence-corrected chi connectivity index (χ3v) is 1.68. The van der Waals surface area contributed by atoms with Gasteiger partial charge in [0.2, 0.25) is 0 Å². The number of hydrogen-bond donors (Lipinski definition) is 0. The fraction of sp³-hybridized carbons (Fsp3) is 0.375. The van der Waals surface area contributed by atoms with Crippen molar-refractivity contribution < 1.29 is 35.1 Å². The van der Waals surface area contributed by atoms with Crippen molar-refractivity contribution in [1.29, 1.82) is 0 Å². The van der Waals surface area contributed by atoms with E-state index in [1.54, 1.807) is 0 Å². The summed E-state index contributed by atoms with van der Waals surface area (Å²) in [6.45, 7) is 0. The van der Waals surface area contributed by atoms with Crippen LogP contribution in [-0.4, -0.2) is 4.98 Å². The van der Waals surface area contributed by atoms with Crippen molar-refractivity contribution in [3.8, 4) is 0 Å². The number of alkyl halides is 8. The molecule has 1 aromatic heterocycles. The second kappa shape index (κ2) is 4.11. The molecule has 0 spiro atoms. The third kappa shape index (κ3) is 3.27. The molecule has 0 aliphatic carbocycles. The molecule has 0 radical (unpaired) electrons. The van der Waals surface area contributed by atoms with Crippen LogP contribution in [0.15, 0.2) is 12.1 Å². The van der Waals surface area contributed by atoms with Crippen molar-refractivity contribution in [1.82, 2.24) is 4.98 Å². The summed E-state index contributed by atoms with van der Waals surface area (Å²) in [4.78, 5) is 2.28. The van der Waals surface area contributed by atoms with Gasteiger partial charge in [0, 0.05) is 5.56 Å². The summed E-state index contributed by atoms with van der Waals surface area (Å²) in [6, 6.07) is -0.222. The largest absolute Gasteiger partial charge is 0.433 e. The van der Waals surface area contributed by atoms with Crippen LogP contribution in [0.2, 0.25) is 0 Å². The molecule has 1 aromatic rings. The SMILES string of the molecule is FC(F)c1cc(C(F)(F)F)nc(C(F)(F)F)c1. The number of halogens is 8. The highest BCUT2D eigenvalue weighted by Gasteiger charge is 2.39. The lowest BCUT2D eigenvalue weighted by molar-refractivity contribution is -0.150. The Morgan fingerprint density at radius 3 is 1.41 bits per heavy atom. The van der Waals surface area contributed by atoms with Crippen molar-refractivity contribution >= 4 is 0 Å². The van der Waals surface area contributed by atoms with Gasteiger partial charge in [-0.2, -0.15) is 26.3 Å². The van der Waals surface area contributed by atoms with Gasteiger partial charge in [-0.05, 0) is 12.1 Å². The summed E-state index contributed by atoms with van der Waals surface area (Å²) in [5, 5.41) is 0. The van der Waals surface area contributed by atoms with Gasteiger partial charge in [-0.1, -0.05) is 0 Å². The van der Waals surface area contributed by atoms with Crippen molar-refractivity contribution in [2.24, 2.45) is 0 Å². The fourth-order valence-corrected chi connectivity index (χ4v) is 0.968. The number of pyridine rings is 1. The van der Waals surface area contributed by atoms with Crippen LogP contribution in [-0.2, 0) is 12.4 Å². The normalized spacial score (nSPS) is 13.2. The van der Waals surface area contributed by atoms with E-state index in [4.69, 9.17) is 0 Å². The van der Waals surface area contributed by atoms with Gasteiger partial charge in [-0.3, -0.25) is 0 Å². The van der Waals surface area contributed by atoms with Gasteiger partial charge in [-0.25, -0.2) is 13.8 Å². The van der Waals surface area contributed by atoms with Crippen LogP contribution < -0.4 is 0 Å². The van der Waals surface area contributed by atoms with Gasteiger partial charge in [0.1, 0.15) is 11.4 Å². The first-order valence-corrected chi connectivity index (χ1v) is 3.96. The molecule has 0 atom stereocenters.